The van der Waals surface area contributed by atoms with Gasteiger partial charge in [0.15, 0.2) is 23.9 Å². The topological polar surface area (TPSA) is 123 Å². The van der Waals surface area contributed by atoms with Crippen molar-refractivity contribution in [3.63, 3.8) is 0 Å². The molecule has 28 heavy (non-hydrogen) atoms. The van der Waals surface area contributed by atoms with Gasteiger partial charge < -0.3 is 14.6 Å². The lowest BCUT2D eigenvalue weighted by molar-refractivity contribution is -0.385. The Labute approximate surface area is 165 Å². The van der Waals surface area contributed by atoms with E-state index in [4.69, 9.17) is 21.1 Å². The Bertz CT molecular complexity index is 916. The lowest BCUT2D eigenvalue weighted by Gasteiger charge is -2.08. The number of phenolic OH excluding ortho intramolecular Hbond substituents is 1. The molecule has 9 nitrogen and oxygen atoms in total. The molecule has 0 unspecified atom stereocenters. The number of amides is 1. The van der Waals surface area contributed by atoms with Crippen LogP contribution in [0.1, 0.15) is 18.1 Å². The largest absolute Gasteiger partial charge is 0.503 e. The number of hydrogen-bond acceptors (Lipinski definition) is 7. The van der Waals surface area contributed by atoms with Crippen molar-refractivity contribution in [2.45, 2.75) is 13.8 Å². The zero-order valence-electron chi connectivity index (χ0n) is 15.1. The van der Waals surface area contributed by atoms with Crippen LogP contribution in [0, 0.1) is 17.0 Å². The molecule has 0 saturated heterocycles. The molecule has 10 heteroatoms. The molecule has 0 aliphatic carbocycles. The molecule has 148 valence electrons. The van der Waals surface area contributed by atoms with E-state index >= 15 is 0 Å². The number of carbonyl (C=O) groups is 1. The second-order valence-corrected chi connectivity index (χ2v) is 6.00. The van der Waals surface area contributed by atoms with Crippen molar-refractivity contribution in [1.82, 2.24) is 5.43 Å². The Hall–Kier alpha value is -3.33. The van der Waals surface area contributed by atoms with Gasteiger partial charge in [-0.1, -0.05) is 17.7 Å². The molecule has 2 N–H and O–H groups in total. The first-order valence-corrected chi connectivity index (χ1v) is 8.54. The highest BCUT2D eigenvalue weighted by molar-refractivity contribution is 6.32. The van der Waals surface area contributed by atoms with E-state index in [1.165, 1.54) is 30.5 Å². The third-order valence-electron chi connectivity index (χ3n) is 3.42. The van der Waals surface area contributed by atoms with E-state index in [0.29, 0.717) is 17.7 Å². The predicted molar refractivity (Wildman–Crippen MR) is 103 cm³/mol. The average molecular weight is 408 g/mol. The van der Waals surface area contributed by atoms with Gasteiger partial charge in [0.25, 0.3) is 5.91 Å². The molecular weight excluding hydrogens is 390 g/mol. The summed E-state index contributed by atoms with van der Waals surface area (Å²) in [5.41, 5.74) is 3.20. The molecule has 0 saturated carbocycles. The number of hydrogen-bond donors (Lipinski definition) is 2. The maximum Gasteiger partial charge on any atom is 0.311 e. The van der Waals surface area contributed by atoms with Gasteiger partial charge in [-0.15, -0.1) is 0 Å². The first-order chi connectivity index (χ1) is 13.3. The number of aromatic hydroxyl groups is 1. The zero-order valence-corrected chi connectivity index (χ0v) is 15.9. The molecule has 0 radical (unpaired) electrons. The Morgan fingerprint density at radius 1 is 1.32 bits per heavy atom. The summed E-state index contributed by atoms with van der Waals surface area (Å²) in [5.74, 6) is -0.613. The van der Waals surface area contributed by atoms with Crippen LogP contribution < -0.4 is 14.9 Å². The monoisotopic (exact) mass is 407 g/mol. The molecule has 0 bridgehead atoms. The number of nitro benzene ring substituents is 1. The Morgan fingerprint density at radius 2 is 2.07 bits per heavy atom. The predicted octanol–water partition coefficient (Wildman–Crippen LogP) is 3.19. The summed E-state index contributed by atoms with van der Waals surface area (Å²) in [6.07, 6.45) is 1.31. The van der Waals surface area contributed by atoms with Crippen molar-refractivity contribution in [3.8, 4) is 17.2 Å². The third kappa shape index (κ3) is 5.58. The summed E-state index contributed by atoms with van der Waals surface area (Å²) < 4.78 is 10.5. The van der Waals surface area contributed by atoms with Crippen LogP contribution in [0.3, 0.4) is 0 Å². The van der Waals surface area contributed by atoms with E-state index in [1.807, 2.05) is 0 Å². The van der Waals surface area contributed by atoms with Crippen LogP contribution in [0.25, 0.3) is 0 Å². The standard InChI is InChI=1S/C18H18ClN3O6/c1-3-27-16-8-12(7-13(19)18(16)24)9-20-21-17(23)10-28-15-5-4-11(2)6-14(15)22(25)26/h4-9,24H,3,10H2,1-2H3,(H,21,23)/b20-9-. The van der Waals surface area contributed by atoms with Crippen molar-refractivity contribution in [1.29, 1.82) is 0 Å². The maximum absolute atomic E-state index is 11.8. The fraction of sp³-hybridized carbons (Fsp3) is 0.222. The summed E-state index contributed by atoms with van der Waals surface area (Å²) in [5, 5.41) is 24.7. The number of nitro groups is 1. The number of hydrazone groups is 1. The van der Waals surface area contributed by atoms with Crippen LogP contribution in [0.4, 0.5) is 5.69 Å². The SMILES string of the molecule is CCOc1cc(/C=N\NC(=O)COc2ccc(C)cc2[N+](=O)[O-])cc(Cl)c1O. The van der Waals surface area contributed by atoms with E-state index in [2.05, 4.69) is 10.5 Å². The number of rotatable bonds is 8. The molecule has 0 fully saturated rings. The van der Waals surface area contributed by atoms with Crippen LogP contribution in [-0.4, -0.2) is 35.4 Å². The fourth-order valence-corrected chi connectivity index (χ4v) is 2.40. The van der Waals surface area contributed by atoms with Gasteiger partial charge in [-0.25, -0.2) is 5.43 Å². The number of phenols is 1. The van der Waals surface area contributed by atoms with Gasteiger partial charge in [-0.2, -0.15) is 5.10 Å². The summed E-state index contributed by atoms with van der Waals surface area (Å²) in [4.78, 5) is 22.3. The minimum absolute atomic E-state index is 0.0126. The van der Waals surface area contributed by atoms with Gasteiger partial charge in [0.1, 0.15) is 0 Å². The Balaban J connectivity index is 1.97. The van der Waals surface area contributed by atoms with Crippen LogP contribution in [-0.2, 0) is 4.79 Å². The summed E-state index contributed by atoms with van der Waals surface area (Å²) in [6.45, 7) is 3.35. The third-order valence-corrected chi connectivity index (χ3v) is 3.71. The first-order valence-electron chi connectivity index (χ1n) is 8.16. The molecule has 1 amide bonds. The molecular formula is C18H18ClN3O6. The van der Waals surface area contributed by atoms with Gasteiger partial charge in [-0.05, 0) is 43.2 Å². The highest BCUT2D eigenvalue weighted by Crippen LogP contribution is 2.34. The van der Waals surface area contributed by atoms with Gasteiger partial charge in [0.05, 0.1) is 22.8 Å². The summed E-state index contributed by atoms with van der Waals surface area (Å²) in [7, 11) is 0. The van der Waals surface area contributed by atoms with Gasteiger partial charge in [0, 0.05) is 6.07 Å². The lowest BCUT2D eigenvalue weighted by Crippen LogP contribution is -2.24. The quantitative estimate of drug-likeness (QED) is 0.393. The number of nitrogens with one attached hydrogen (secondary N) is 1. The minimum atomic E-state index is -0.610. The Morgan fingerprint density at radius 3 is 2.75 bits per heavy atom. The highest BCUT2D eigenvalue weighted by atomic mass is 35.5. The maximum atomic E-state index is 11.8. The van der Waals surface area contributed by atoms with Crippen LogP contribution >= 0.6 is 11.6 Å². The molecule has 0 atom stereocenters. The average Bonchev–Trinajstić information content (AvgIpc) is 2.64. The van der Waals surface area contributed by atoms with Gasteiger partial charge in [-0.3, -0.25) is 14.9 Å². The molecule has 2 rings (SSSR count). The van der Waals surface area contributed by atoms with Gasteiger partial charge >= 0.3 is 5.69 Å². The molecule has 2 aromatic rings. The molecule has 0 spiro atoms. The van der Waals surface area contributed by atoms with E-state index in [0.717, 1.165) is 0 Å². The Kier molecular flexibility index (Phi) is 7.16. The number of aryl methyl sites for hydroxylation is 1. The van der Waals surface area contributed by atoms with Gasteiger partial charge in [0.2, 0.25) is 0 Å². The number of carbonyl (C=O) groups excluding carboxylic acids is 1. The smallest absolute Gasteiger partial charge is 0.311 e. The summed E-state index contributed by atoms with van der Waals surface area (Å²) >= 11 is 5.91. The second-order valence-electron chi connectivity index (χ2n) is 5.59. The molecule has 2 aromatic carbocycles. The highest BCUT2D eigenvalue weighted by Gasteiger charge is 2.16. The number of ether oxygens (including phenoxy) is 2. The lowest BCUT2D eigenvalue weighted by atomic mass is 10.2. The summed E-state index contributed by atoms with van der Waals surface area (Å²) in [6, 6.07) is 7.38. The van der Waals surface area contributed by atoms with Crippen molar-refractivity contribution in [2.75, 3.05) is 13.2 Å². The first kappa shape index (κ1) is 21.0. The van der Waals surface area contributed by atoms with Crippen LogP contribution in [0.15, 0.2) is 35.4 Å². The molecule has 0 heterocycles. The number of nitrogens with zero attached hydrogens (tertiary/aromatic N) is 2. The minimum Gasteiger partial charge on any atom is -0.503 e. The molecule has 0 aromatic heterocycles. The normalized spacial score (nSPS) is 10.7. The molecule has 0 aliphatic rings. The van der Waals surface area contributed by atoms with E-state index < -0.39 is 17.4 Å². The second kappa shape index (κ2) is 9.56. The number of benzene rings is 2. The van der Waals surface area contributed by atoms with E-state index in [1.54, 1.807) is 19.9 Å². The van der Waals surface area contributed by atoms with Crippen LogP contribution in [0.5, 0.6) is 17.2 Å². The fourth-order valence-electron chi connectivity index (χ4n) is 2.18. The number of halogens is 1. The molecule has 0 aliphatic heterocycles. The van der Waals surface area contributed by atoms with Crippen molar-refractivity contribution in [3.05, 3.63) is 56.6 Å². The van der Waals surface area contributed by atoms with Crippen molar-refractivity contribution in [2.24, 2.45) is 5.10 Å². The van der Waals surface area contributed by atoms with E-state index in [-0.39, 0.29) is 28.0 Å². The van der Waals surface area contributed by atoms with Crippen LogP contribution in [0.2, 0.25) is 5.02 Å². The van der Waals surface area contributed by atoms with E-state index in [9.17, 15) is 20.0 Å². The van der Waals surface area contributed by atoms with Crippen molar-refractivity contribution >= 4 is 29.4 Å². The van der Waals surface area contributed by atoms with Crippen molar-refractivity contribution < 1.29 is 24.3 Å². The zero-order chi connectivity index (χ0) is 20.7.